The predicted molar refractivity (Wildman–Crippen MR) is 105 cm³/mol. The number of hydrogen-bond donors (Lipinski definition) is 1. The molecule has 0 spiro atoms. The number of nitrogens with zero attached hydrogens (tertiary/aromatic N) is 2. The van der Waals surface area contributed by atoms with E-state index < -0.39 is 12.1 Å². The smallest absolute Gasteiger partial charge is 0.409 e. The minimum atomic E-state index is -1.02. The van der Waals surface area contributed by atoms with E-state index in [-0.39, 0.29) is 24.3 Å². The van der Waals surface area contributed by atoms with Crippen molar-refractivity contribution >= 4 is 17.8 Å². The molecule has 29 heavy (non-hydrogen) atoms. The van der Waals surface area contributed by atoms with Gasteiger partial charge in [-0.1, -0.05) is 53.7 Å². The van der Waals surface area contributed by atoms with Crippen molar-refractivity contribution in [2.75, 3.05) is 19.7 Å². The monoisotopic (exact) mass is 392 g/mol. The molecule has 2 heterocycles. The lowest BCUT2D eigenvalue weighted by Crippen LogP contribution is -2.53. The number of hydrogen-bond acceptors (Lipinski definition) is 5. The number of carboxylic acids is 1. The normalized spacial score (nSPS) is 20.3. The summed E-state index contributed by atoms with van der Waals surface area (Å²) in [6.45, 7) is 1.25. The number of aliphatic carboxylic acids is 1. The lowest BCUT2D eigenvalue weighted by atomic mass is 9.92. The van der Waals surface area contributed by atoms with Crippen molar-refractivity contribution < 1.29 is 24.3 Å². The number of rotatable bonds is 4. The Labute approximate surface area is 167 Å². The molecule has 0 aromatic heterocycles. The van der Waals surface area contributed by atoms with Crippen LogP contribution in [0.5, 0.6) is 0 Å². The molecule has 5 rings (SSSR count). The van der Waals surface area contributed by atoms with E-state index in [0.29, 0.717) is 25.4 Å². The van der Waals surface area contributed by atoms with E-state index in [0.717, 1.165) is 0 Å². The number of carbonyl (C=O) groups excluding carboxylic acids is 1. The quantitative estimate of drug-likeness (QED) is 0.864. The number of carbonyl (C=O) groups is 2. The number of fused-ring (bicyclic) bond motifs is 3. The molecular weight excluding hydrogens is 372 g/mol. The topological polar surface area (TPSA) is 88.4 Å². The first kappa shape index (κ1) is 17.7. The van der Waals surface area contributed by atoms with Gasteiger partial charge >= 0.3 is 12.1 Å². The molecule has 7 nitrogen and oxygen atoms in total. The van der Waals surface area contributed by atoms with E-state index in [2.05, 4.69) is 29.4 Å². The molecule has 3 aliphatic rings. The van der Waals surface area contributed by atoms with Crippen molar-refractivity contribution in [2.24, 2.45) is 11.1 Å². The van der Waals surface area contributed by atoms with E-state index in [4.69, 9.17) is 14.7 Å². The molecule has 1 amide bonds. The van der Waals surface area contributed by atoms with Crippen molar-refractivity contribution in [3.05, 3.63) is 59.7 Å². The van der Waals surface area contributed by atoms with E-state index >= 15 is 0 Å². The van der Waals surface area contributed by atoms with Gasteiger partial charge in [0.1, 0.15) is 6.61 Å². The Hall–Kier alpha value is -3.35. The van der Waals surface area contributed by atoms with Crippen LogP contribution in [0.2, 0.25) is 0 Å². The number of oxime groups is 1. The Morgan fingerprint density at radius 3 is 2.28 bits per heavy atom. The first-order chi connectivity index (χ1) is 14.1. The molecule has 0 radical (unpaired) electrons. The molecule has 1 aliphatic carbocycles. The molecular formula is C22H20N2O5. The lowest BCUT2D eigenvalue weighted by molar-refractivity contribution is -0.148. The Morgan fingerprint density at radius 1 is 1.07 bits per heavy atom. The zero-order chi connectivity index (χ0) is 20.0. The van der Waals surface area contributed by atoms with Gasteiger partial charge in [0, 0.05) is 31.3 Å². The van der Waals surface area contributed by atoms with Crippen LogP contribution in [0.1, 0.15) is 23.5 Å². The average molecular weight is 392 g/mol. The summed E-state index contributed by atoms with van der Waals surface area (Å²) in [4.78, 5) is 30.0. The zero-order valence-electron chi connectivity index (χ0n) is 15.7. The van der Waals surface area contributed by atoms with Gasteiger partial charge in [0.2, 0.25) is 6.10 Å². The third kappa shape index (κ3) is 3.03. The van der Waals surface area contributed by atoms with Gasteiger partial charge in [-0.3, -0.25) is 0 Å². The van der Waals surface area contributed by atoms with Crippen LogP contribution in [0.25, 0.3) is 11.1 Å². The number of amides is 1. The Morgan fingerprint density at radius 2 is 1.69 bits per heavy atom. The predicted octanol–water partition coefficient (Wildman–Crippen LogP) is 3.10. The third-order valence-electron chi connectivity index (χ3n) is 5.91. The van der Waals surface area contributed by atoms with Gasteiger partial charge in [0.15, 0.2) is 0 Å². The highest BCUT2D eigenvalue weighted by Crippen LogP contribution is 2.44. The summed E-state index contributed by atoms with van der Waals surface area (Å²) in [6, 6.07) is 16.4. The van der Waals surface area contributed by atoms with Crippen molar-refractivity contribution in [3.8, 4) is 11.1 Å². The summed E-state index contributed by atoms with van der Waals surface area (Å²) in [5, 5.41) is 12.8. The summed E-state index contributed by atoms with van der Waals surface area (Å²) in [5.41, 5.74) is 5.46. The fourth-order valence-electron chi connectivity index (χ4n) is 4.29. The molecule has 148 valence electrons. The molecule has 1 saturated heterocycles. The second kappa shape index (κ2) is 6.92. The summed E-state index contributed by atoms with van der Waals surface area (Å²) < 4.78 is 5.64. The molecule has 1 N–H and O–H groups in total. The first-order valence-corrected chi connectivity index (χ1v) is 9.67. The van der Waals surface area contributed by atoms with Gasteiger partial charge in [-0.25, -0.2) is 9.59 Å². The second-order valence-corrected chi connectivity index (χ2v) is 7.62. The summed E-state index contributed by atoms with van der Waals surface area (Å²) in [7, 11) is 0. The average Bonchev–Trinajstić information content (AvgIpc) is 3.29. The van der Waals surface area contributed by atoms with E-state index in [1.165, 1.54) is 22.3 Å². The first-order valence-electron chi connectivity index (χ1n) is 9.67. The maximum atomic E-state index is 12.5. The molecule has 2 aromatic rings. The highest BCUT2D eigenvalue weighted by atomic mass is 16.7. The number of benzene rings is 2. The van der Waals surface area contributed by atoms with Gasteiger partial charge in [-0.2, -0.15) is 0 Å². The Bertz CT molecular complexity index is 966. The van der Waals surface area contributed by atoms with Crippen LogP contribution in [0, 0.1) is 5.92 Å². The van der Waals surface area contributed by atoms with Crippen LogP contribution < -0.4 is 0 Å². The van der Waals surface area contributed by atoms with Crippen molar-refractivity contribution in [3.63, 3.8) is 0 Å². The number of ether oxygens (including phenoxy) is 1. The standard InChI is InChI=1S/C22H20N2O5/c25-21(26)20-9-19(23-29-20)13-10-24(11-13)22(27)28-12-18-16-7-3-1-5-14(16)15-6-2-4-8-17(15)18/h1-8,13,18,20H,9-12H2,(H,25,26). The highest BCUT2D eigenvalue weighted by molar-refractivity contribution is 5.93. The van der Waals surface area contributed by atoms with E-state index in [1.807, 2.05) is 24.3 Å². The van der Waals surface area contributed by atoms with Crippen molar-refractivity contribution in [1.82, 2.24) is 4.90 Å². The molecule has 7 heteroatoms. The number of likely N-dealkylation sites (tertiary alicyclic amines) is 1. The largest absolute Gasteiger partial charge is 0.478 e. The minimum absolute atomic E-state index is 0.0346. The summed E-state index contributed by atoms with van der Waals surface area (Å²) in [6.07, 6.45) is -0.982. The molecule has 0 bridgehead atoms. The highest BCUT2D eigenvalue weighted by Gasteiger charge is 2.40. The van der Waals surface area contributed by atoms with Crippen LogP contribution in [0.4, 0.5) is 4.79 Å². The van der Waals surface area contributed by atoms with Gasteiger partial charge in [-0.05, 0) is 22.3 Å². The Balaban J connectivity index is 1.19. The maximum absolute atomic E-state index is 12.5. The number of carboxylic acid groups (broad SMARTS) is 1. The van der Waals surface area contributed by atoms with Crippen LogP contribution >= 0.6 is 0 Å². The van der Waals surface area contributed by atoms with E-state index in [1.54, 1.807) is 4.90 Å². The molecule has 1 unspecified atom stereocenters. The zero-order valence-corrected chi connectivity index (χ0v) is 15.7. The molecule has 2 aliphatic heterocycles. The molecule has 1 atom stereocenters. The van der Waals surface area contributed by atoms with Crippen LogP contribution in [-0.4, -0.2) is 53.6 Å². The van der Waals surface area contributed by atoms with Crippen LogP contribution in [-0.2, 0) is 14.4 Å². The summed E-state index contributed by atoms with van der Waals surface area (Å²) >= 11 is 0. The van der Waals surface area contributed by atoms with Gasteiger partial charge < -0.3 is 19.6 Å². The molecule has 1 fully saturated rings. The SMILES string of the molecule is O=C(O)C1CC(C2CN(C(=O)OCC3c4ccccc4-c4ccccc43)C2)=NO1. The molecule has 2 aromatic carbocycles. The lowest BCUT2D eigenvalue weighted by Gasteiger charge is -2.38. The van der Waals surface area contributed by atoms with Crippen LogP contribution in [0.3, 0.4) is 0 Å². The Kier molecular flexibility index (Phi) is 4.23. The molecule has 0 saturated carbocycles. The maximum Gasteiger partial charge on any atom is 0.409 e. The van der Waals surface area contributed by atoms with Gasteiger partial charge in [0.25, 0.3) is 0 Å². The fraction of sp³-hybridized carbons (Fsp3) is 0.318. The fourth-order valence-corrected chi connectivity index (χ4v) is 4.29. The van der Waals surface area contributed by atoms with Gasteiger partial charge in [0.05, 0.1) is 5.71 Å². The van der Waals surface area contributed by atoms with Crippen molar-refractivity contribution in [1.29, 1.82) is 0 Å². The van der Waals surface area contributed by atoms with Crippen LogP contribution in [0.15, 0.2) is 53.7 Å². The second-order valence-electron chi connectivity index (χ2n) is 7.62. The van der Waals surface area contributed by atoms with Gasteiger partial charge in [-0.15, -0.1) is 0 Å². The third-order valence-corrected chi connectivity index (χ3v) is 5.91. The summed E-state index contributed by atoms with van der Waals surface area (Å²) in [5.74, 6) is -0.941. The minimum Gasteiger partial charge on any atom is -0.478 e. The van der Waals surface area contributed by atoms with E-state index in [9.17, 15) is 9.59 Å². The van der Waals surface area contributed by atoms with Crippen molar-refractivity contribution in [2.45, 2.75) is 18.4 Å².